The number of ether oxygens (including phenoxy) is 2. The summed E-state index contributed by atoms with van der Waals surface area (Å²) in [5, 5.41) is 9.65. The first kappa shape index (κ1) is 16.8. The van der Waals surface area contributed by atoms with E-state index < -0.39 is 5.41 Å². The third kappa shape index (κ3) is 2.99. The molecule has 24 heavy (non-hydrogen) atoms. The van der Waals surface area contributed by atoms with Crippen molar-refractivity contribution < 1.29 is 14.3 Å². The Morgan fingerprint density at radius 2 is 2.17 bits per heavy atom. The first-order valence-electron chi connectivity index (χ1n) is 8.55. The maximum Gasteiger partial charge on any atom is 0.243 e. The Morgan fingerprint density at radius 3 is 2.83 bits per heavy atom. The molecule has 3 rings (SSSR count). The molecule has 2 aliphatic rings. The van der Waals surface area contributed by atoms with Gasteiger partial charge in [0.2, 0.25) is 5.91 Å². The number of methoxy groups -OCH3 is 1. The van der Waals surface area contributed by atoms with Crippen LogP contribution in [0.5, 0.6) is 5.75 Å². The van der Waals surface area contributed by atoms with Gasteiger partial charge in [-0.25, -0.2) is 0 Å². The number of hydrogen-bond donors (Lipinski definition) is 0. The fourth-order valence-corrected chi connectivity index (χ4v) is 3.74. The van der Waals surface area contributed by atoms with Gasteiger partial charge in [0, 0.05) is 26.3 Å². The van der Waals surface area contributed by atoms with E-state index in [9.17, 15) is 10.1 Å². The minimum atomic E-state index is -0.911. The second-order valence-electron chi connectivity index (χ2n) is 6.77. The van der Waals surface area contributed by atoms with E-state index in [4.69, 9.17) is 9.47 Å². The molecule has 1 saturated heterocycles. The van der Waals surface area contributed by atoms with Crippen LogP contribution in [0.4, 0.5) is 0 Å². The summed E-state index contributed by atoms with van der Waals surface area (Å²) in [5.41, 5.74) is 1.59. The Hall–Kier alpha value is -2.06. The second-order valence-corrected chi connectivity index (χ2v) is 6.77. The summed E-state index contributed by atoms with van der Waals surface area (Å²) in [5.74, 6) is 1.04. The van der Waals surface area contributed by atoms with Gasteiger partial charge in [-0.05, 0) is 48.4 Å². The quantitative estimate of drug-likeness (QED) is 0.837. The lowest BCUT2D eigenvalue weighted by atomic mass is 9.80. The molecule has 0 spiro atoms. The average molecular weight is 328 g/mol. The lowest BCUT2D eigenvalue weighted by Crippen LogP contribution is -2.47. The van der Waals surface area contributed by atoms with E-state index in [1.807, 2.05) is 11.0 Å². The number of nitrogens with zero attached hydrogens (tertiary/aromatic N) is 2. The van der Waals surface area contributed by atoms with Crippen LogP contribution in [0.25, 0.3) is 0 Å². The molecular weight excluding hydrogens is 304 g/mol. The van der Waals surface area contributed by atoms with Gasteiger partial charge in [0.15, 0.2) is 0 Å². The van der Waals surface area contributed by atoms with Crippen molar-refractivity contribution in [3.05, 3.63) is 29.3 Å². The first-order valence-corrected chi connectivity index (χ1v) is 8.55. The third-order valence-electron chi connectivity index (χ3n) is 5.29. The molecule has 1 unspecified atom stereocenters. The minimum Gasteiger partial charge on any atom is -0.497 e. The molecule has 2 aliphatic heterocycles. The van der Waals surface area contributed by atoms with Crippen molar-refractivity contribution in [1.29, 1.82) is 5.26 Å². The van der Waals surface area contributed by atoms with Crippen molar-refractivity contribution in [1.82, 2.24) is 4.90 Å². The van der Waals surface area contributed by atoms with Gasteiger partial charge in [-0.2, -0.15) is 5.26 Å². The Morgan fingerprint density at radius 1 is 1.42 bits per heavy atom. The van der Waals surface area contributed by atoms with Gasteiger partial charge in [0.05, 0.1) is 13.2 Å². The lowest BCUT2D eigenvalue weighted by molar-refractivity contribution is -0.143. The van der Waals surface area contributed by atoms with Crippen LogP contribution < -0.4 is 4.74 Å². The number of carbonyl (C=O) groups is 1. The number of rotatable bonds is 2. The zero-order chi connectivity index (χ0) is 17.2. The number of benzene rings is 1. The van der Waals surface area contributed by atoms with Gasteiger partial charge < -0.3 is 14.4 Å². The van der Waals surface area contributed by atoms with E-state index in [0.29, 0.717) is 39.1 Å². The number of carbonyl (C=O) groups excluding carboxylic acids is 1. The topological polar surface area (TPSA) is 62.6 Å². The van der Waals surface area contributed by atoms with E-state index in [2.05, 4.69) is 25.1 Å². The Kier molecular flexibility index (Phi) is 4.77. The molecule has 5 heteroatoms. The van der Waals surface area contributed by atoms with E-state index >= 15 is 0 Å². The molecule has 0 N–H and O–H groups in total. The molecule has 0 bridgehead atoms. The highest BCUT2D eigenvalue weighted by atomic mass is 16.5. The van der Waals surface area contributed by atoms with Crippen molar-refractivity contribution in [3.63, 3.8) is 0 Å². The van der Waals surface area contributed by atoms with Crippen molar-refractivity contribution in [2.24, 2.45) is 5.41 Å². The SMILES string of the molecule is COc1ccc2c(c1)C(C)CN(C(=O)C1(C#N)CCOCC1)CC2. The molecular formula is C19H24N2O3. The van der Waals surface area contributed by atoms with Gasteiger partial charge in [-0.3, -0.25) is 4.79 Å². The molecule has 0 aliphatic carbocycles. The zero-order valence-corrected chi connectivity index (χ0v) is 14.4. The second kappa shape index (κ2) is 6.82. The van der Waals surface area contributed by atoms with E-state index in [1.165, 1.54) is 11.1 Å². The summed E-state index contributed by atoms with van der Waals surface area (Å²) < 4.78 is 10.7. The summed E-state index contributed by atoms with van der Waals surface area (Å²) in [6.45, 7) is 4.41. The Labute approximate surface area is 143 Å². The molecule has 0 aromatic heterocycles. The first-order chi connectivity index (χ1) is 11.6. The largest absolute Gasteiger partial charge is 0.497 e. The van der Waals surface area contributed by atoms with Crippen LogP contribution in [-0.4, -0.2) is 44.2 Å². The van der Waals surface area contributed by atoms with Crippen molar-refractivity contribution in [2.45, 2.75) is 32.1 Å². The molecule has 1 amide bonds. The van der Waals surface area contributed by atoms with Crippen molar-refractivity contribution in [2.75, 3.05) is 33.4 Å². The van der Waals surface area contributed by atoms with Crippen LogP contribution in [0.1, 0.15) is 36.8 Å². The highest BCUT2D eigenvalue weighted by Crippen LogP contribution is 2.35. The smallest absolute Gasteiger partial charge is 0.243 e. The standard InChI is InChI=1S/C19H24N2O3/c1-14-12-21(18(22)19(13-20)6-9-24-10-7-19)8-5-15-3-4-16(23-2)11-17(14)15/h3-4,11,14H,5-10,12H2,1-2H3. The molecule has 0 radical (unpaired) electrons. The highest BCUT2D eigenvalue weighted by molar-refractivity contribution is 5.85. The fourth-order valence-electron chi connectivity index (χ4n) is 3.74. The fraction of sp³-hybridized carbons (Fsp3) is 0.579. The Bertz CT molecular complexity index is 659. The maximum atomic E-state index is 13.1. The predicted molar refractivity (Wildman–Crippen MR) is 89.8 cm³/mol. The maximum absolute atomic E-state index is 13.1. The number of hydrogen-bond acceptors (Lipinski definition) is 4. The summed E-state index contributed by atoms with van der Waals surface area (Å²) in [6, 6.07) is 8.43. The molecule has 1 fully saturated rings. The summed E-state index contributed by atoms with van der Waals surface area (Å²) in [6.07, 6.45) is 1.80. The molecule has 2 heterocycles. The van der Waals surface area contributed by atoms with E-state index in [0.717, 1.165) is 12.2 Å². The van der Waals surface area contributed by atoms with E-state index in [-0.39, 0.29) is 11.8 Å². The average Bonchev–Trinajstić information content (AvgIpc) is 2.80. The number of fused-ring (bicyclic) bond motifs is 1. The lowest BCUT2D eigenvalue weighted by Gasteiger charge is -2.35. The molecule has 5 nitrogen and oxygen atoms in total. The summed E-state index contributed by atoms with van der Waals surface area (Å²) in [4.78, 5) is 15.0. The number of nitriles is 1. The number of amides is 1. The van der Waals surface area contributed by atoms with Crippen LogP contribution in [0.3, 0.4) is 0 Å². The van der Waals surface area contributed by atoms with E-state index in [1.54, 1.807) is 7.11 Å². The molecule has 1 atom stereocenters. The summed E-state index contributed by atoms with van der Waals surface area (Å²) >= 11 is 0. The van der Waals surface area contributed by atoms with Crippen LogP contribution in [0.2, 0.25) is 0 Å². The molecule has 1 aromatic rings. The van der Waals surface area contributed by atoms with Crippen LogP contribution >= 0.6 is 0 Å². The van der Waals surface area contributed by atoms with Gasteiger partial charge >= 0.3 is 0 Å². The Balaban J connectivity index is 1.82. The van der Waals surface area contributed by atoms with Crippen LogP contribution in [-0.2, 0) is 16.0 Å². The van der Waals surface area contributed by atoms with Crippen molar-refractivity contribution >= 4 is 5.91 Å². The molecule has 128 valence electrons. The predicted octanol–water partition coefficient (Wildman–Crippen LogP) is 2.50. The third-order valence-corrected chi connectivity index (χ3v) is 5.29. The summed E-state index contributed by atoms with van der Waals surface area (Å²) in [7, 11) is 1.67. The van der Waals surface area contributed by atoms with Gasteiger partial charge in [-0.15, -0.1) is 0 Å². The zero-order valence-electron chi connectivity index (χ0n) is 14.4. The monoisotopic (exact) mass is 328 g/mol. The molecule has 1 aromatic carbocycles. The highest BCUT2D eigenvalue weighted by Gasteiger charge is 2.43. The van der Waals surface area contributed by atoms with Crippen LogP contribution in [0.15, 0.2) is 18.2 Å². The molecule has 0 saturated carbocycles. The van der Waals surface area contributed by atoms with Gasteiger partial charge in [0.1, 0.15) is 11.2 Å². The van der Waals surface area contributed by atoms with Crippen molar-refractivity contribution in [3.8, 4) is 11.8 Å². The van der Waals surface area contributed by atoms with Crippen LogP contribution in [0, 0.1) is 16.7 Å². The normalized spacial score (nSPS) is 22.9. The van der Waals surface area contributed by atoms with Gasteiger partial charge in [0.25, 0.3) is 0 Å². The minimum absolute atomic E-state index is 0.0279. The van der Waals surface area contributed by atoms with Gasteiger partial charge in [-0.1, -0.05) is 13.0 Å².